The molecule has 7 heteroatoms. The molecule has 0 radical (unpaired) electrons. The Balaban J connectivity index is 3.10. The smallest absolute Gasteiger partial charge is 0.355 e. The van der Waals surface area contributed by atoms with E-state index in [1.54, 1.807) is 6.92 Å². The van der Waals surface area contributed by atoms with Crippen molar-refractivity contribution < 1.29 is 22.4 Å². The molecular weight excluding hydrogens is 274 g/mol. The molecule has 1 aromatic rings. The van der Waals surface area contributed by atoms with E-state index in [2.05, 4.69) is 5.32 Å². The summed E-state index contributed by atoms with van der Waals surface area (Å²) in [5.41, 5.74) is -1.40. The van der Waals surface area contributed by atoms with Gasteiger partial charge in [0.05, 0.1) is 5.56 Å². The number of carbonyl (C=O) groups is 1. The molecule has 1 unspecified atom stereocenters. The average molecular weight is 284 g/mol. The standard InChI is InChI=1S/C11H10ClF4NO/c1-2-17-10(18)9(12)6-3-7(11(14,15)16)5-8(13)4-6/h3-5,9H,2H2,1H3,(H,17,18). The molecule has 1 amide bonds. The lowest BCUT2D eigenvalue weighted by Gasteiger charge is -2.13. The predicted molar refractivity (Wildman–Crippen MR) is 58.7 cm³/mol. The summed E-state index contributed by atoms with van der Waals surface area (Å²) < 4.78 is 50.4. The molecule has 0 spiro atoms. The van der Waals surface area contributed by atoms with Crippen molar-refractivity contribution in [3.8, 4) is 0 Å². The molecule has 0 saturated carbocycles. The largest absolute Gasteiger partial charge is 0.416 e. The highest BCUT2D eigenvalue weighted by Crippen LogP contribution is 2.33. The van der Waals surface area contributed by atoms with E-state index in [1.807, 2.05) is 0 Å². The molecule has 0 heterocycles. The summed E-state index contributed by atoms with van der Waals surface area (Å²) >= 11 is 5.68. The van der Waals surface area contributed by atoms with Gasteiger partial charge in [-0.1, -0.05) is 0 Å². The van der Waals surface area contributed by atoms with Gasteiger partial charge in [0.2, 0.25) is 5.91 Å². The molecule has 1 atom stereocenters. The van der Waals surface area contributed by atoms with E-state index in [0.717, 1.165) is 6.07 Å². The topological polar surface area (TPSA) is 29.1 Å². The second-order valence-electron chi connectivity index (χ2n) is 3.53. The van der Waals surface area contributed by atoms with Crippen LogP contribution in [-0.2, 0) is 11.0 Å². The van der Waals surface area contributed by atoms with Crippen molar-refractivity contribution >= 4 is 17.5 Å². The lowest BCUT2D eigenvalue weighted by atomic mass is 10.1. The van der Waals surface area contributed by atoms with Gasteiger partial charge in [-0.25, -0.2) is 4.39 Å². The van der Waals surface area contributed by atoms with E-state index < -0.39 is 28.8 Å². The normalized spacial score (nSPS) is 13.2. The van der Waals surface area contributed by atoms with Crippen LogP contribution >= 0.6 is 11.6 Å². The molecule has 1 aromatic carbocycles. The van der Waals surface area contributed by atoms with Crippen LogP contribution in [-0.4, -0.2) is 12.5 Å². The van der Waals surface area contributed by atoms with Crippen molar-refractivity contribution in [3.63, 3.8) is 0 Å². The van der Waals surface area contributed by atoms with Gasteiger partial charge in [-0.15, -0.1) is 11.6 Å². The van der Waals surface area contributed by atoms with Gasteiger partial charge < -0.3 is 5.32 Å². The third kappa shape index (κ3) is 3.60. The molecular formula is C11H10ClF4NO. The summed E-state index contributed by atoms with van der Waals surface area (Å²) in [7, 11) is 0. The second-order valence-corrected chi connectivity index (χ2v) is 3.96. The lowest BCUT2D eigenvalue weighted by Crippen LogP contribution is -2.26. The maximum Gasteiger partial charge on any atom is 0.416 e. The van der Waals surface area contributed by atoms with Gasteiger partial charge in [-0.2, -0.15) is 13.2 Å². The van der Waals surface area contributed by atoms with Crippen molar-refractivity contribution in [2.24, 2.45) is 0 Å². The molecule has 0 bridgehead atoms. The van der Waals surface area contributed by atoms with E-state index in [1.165, 1.54) is 0 Å². The highest BCUT2D eigenvalue weighted by atomic mass is 35.5. The van der Waals surface area contributed by atoms with E-state index in [-0.39, 0.29) is 12.1 Å². The minimum atomic E-state index is -4.69. The third-order valence-corrected chi connectivity index (χ3v) is 2.57. The quantitative estimate of drug-likeness (QED) is 0.669. The molecule has 1 rings (SSSR count). The van der Waals surface area contributed by atoms with Gasteiger partial charge in [-0.3, -0.25) is 4.79 Å². The second kappa shape index (κ2) is 5.56. The van der Waals surface area contributed by atoms with Gasteiger partial charge in [0.25, 0.3) is 0 Å². The first-order valence-electron chi connectivity index (χ1n) is 5.05. The van der Waals surface area contributed by atoms with Crippen LogP contribution in [0.2, 0.25) is 0 Å². The predicted octanol–water partition coefficient (Wildman–Crippen LogP) is 3.26. The Kier molecular flexibility index (Phi) is 4.56. The zero-order valence-electron chi connectivity index (χ0n) is 9.31. The summed E-state index contributed by atoms with van der Waals surface area (Å²) in [6.45, 7) is 1.91. The summed E-state index contributed by atoms with van der Waals surface area (Å²) in [5.74, 6) is -1.76. The van der Waals surface area contributed by atoms with Crippen LogP contribution in [0, 0.1) is 5.82 Å². The maximum absolute atomic E-state index is 13.1. The summed E-state index contributed by atoms with van der Waals surface area (Å²) in [6.07, 6.45) is -4.69. The molecule has 1 N–H and O–H groups in total. The number of hydrogen-bond donors (Lipinski definition) is 1. The first kappa shape index (κ1) is 14.8. The molecule has 2 nitrogen and oxygen atoms in total. The van der Waals surface area contributed by atoms with Crippen LogP contribution in [0.4, 0.5) is 17.6 Å². The first-order valence-corrected chi connectivity index (χ1v) is 5.48. The number of carbonyl (C=O) groups excluding carboxylic acids is 1. The molecule has 0 aliphatic heterocycles. The van der Waals surface area contributed by atoms with E-state index in [4.69, 9.17) is 11.6 Å². The number of nitrogens with one attached hydrogen (secondary N) is 1. The van der Waals surface area contributed by atoms with Crippen molar-refractivity contribution in [3.05, 3.63) is 35.1 Å². The third-order valence-electron chi connectivity index (χ3n) is 2.12. The molecule has 0 fully saturated rings. The minimum Gasteiger partial charge on any atom is -0.355 e. The summed E-state index contributed by atoms with van der Waals surface area (Å²) in [6, 6.07) is 1.82. The van der Waals surface area contributed by atoms with Crippen LogP contribution in [0.3, 0.4) is 0 Å². The Bertz CT molecular complexity index is 447. The lowest BCUT2D eigenvalue weighted by molar-refractivity contribution is -0.138. The number of hydrogen-bond acceptors (Lipinski definition) is 1. The van der Waals surface area contributed by atoms with Gasteiger partial charge in [0.15, 0.2) is 0 Å². The summed E-state index contributed by atoms with van der Waals surface area (Å²) in [4.78, 5) is 11.4. The van der Waals surface area contributed by atoms with Crippen LogP contribution in [0.25, 0.3) is 0 Å². The van der Waals surface area contributed by atoms with Crippen molar-refractivity contribution in [2.75, 3.05) is 6.54 Å². The SMILES string of the molecule is CCNC(=O)C(Cl)c1cc(F)cc(C(F)(F)F)c1. The Labute approximate surface area is 106 Å². The fraction of sp³-hybridized carbons (Fsp3) is 0.364. The van der Waals surface area contributed by atoms with Crippen molar-refractivity contribution in [2.45, 2.75) is 18.5 Å². The van der Waals surface area contributed by atoms with Gasteiger partial charge >= 0.3 is 6.18 Å². The zero-order valence-corrected chi connectivity index (χ0v) is 10.1. The van der Waals surface area contributed by atoms with Crippen LogP contribution < -0.4 is 5.32 Å². The zero-order chi connectivity index (χ0) is 13.9. The Morgan fingerprint density at radius 2 is 2.00 bits per heavy atom. The van der Waals surface area contributed by atoms with Crippen molar-refractivity contribution in [1.82, 2.24) is 5.32 Å². The van der Waals surface area contributed by atoms with Gasteiger partial charge in [0.1, 0.15) is 11.2 Å². The Hall–Kier alpha value is -1.30. The maximum atomic E-state index is 13.1. The number of likely N-dealkylation sites (N-methyl/N-ethyl adjacent to an activating group) is 1. The van der Waals surface area contributed by atoms with E-state index in [9.17, 15) is 22.4 Å². The first-order chi connectivity index (χ1) is 8.25. The van der Waals surface area contributed by atoms with Gasteiger partial charge in [-0.05, 0) is 30.7 Å². The van der Waals surface area contributed by atoms with Gasteiger partial charge in [0, 0.05) is 6.54 Å². The highest BCUT2D eigenvalue weighted by molar-refractivity contribution is 6.30. The molecule has 0 aliphatic carbocycles. The van der Waals surface area contributed by atoms with Crippen LogP contribution in [0.15, 0.2) is 18.2 Å². The monoisotopic (exact) mass is 283 g/mol. The molecule has 0 saturated heterocycles. The fourth-order valence-corrected chi connectivity index (χ4v) is 1.54. The Morgan fingerprint density at radius 3 is 2.50 bits per heavy atom. The number of amides is 1. The number of benzene rings is 1. The fourth-order valence-electron chi connectivity index (χ4n) is 1.34. The molecule has 18 heavy (non-hydrogen) atoms. The molecule has 0 aromatic heterocycles. The van der Waals surface area contributed by atoms with Crippen LogP contribution in [0.1, 0.15) is 23.4 Å². The minimum absolute atomic E-state index is 0.227. The average Bonchev–Trinajstić information content (AvgIpc) is 2.26. The summed E-state index contributed by atoms with van der Waals surface area (Å²) in [5, 5.41) is 0.987. The molecule has 0 aliphatic rings. The van der Waals surface area contributed by atoms with E-state index >= 15 is 0 Å². The van der Waals surface area contributed by atoms with Crippen molar-refractivity contribution in [1.29, 1.82) is 0 Å². The highest BCUT2D eigenvalue weighted by Gasteiger charge is 2.32. The number of rotatable bonds is 3. The van der Waals surface area contributed by atoms with E-state index in [0.29, 0.717) is 12.1 Å². The van der Waals surface area contributed by atoms with Crippen LogP contribution in [0.5, 0.6) is 0 Å². The number of halogens is 5. The number of alkyl halides is 4. The Morgan fingerprint density at radius 1 is 1.39 bits per heavy atom. The molecule has 100 valence electrons.